The second-order valence-electron chi connectivity index (χ2n) is 4.61. The quantitative estimate of drug-likeness (QED) is 0.684. The number of rotatable bonds is 4. The van der Waals surface area contributed by atoms with Crippen LogP contribution in [0, 0.1) is 5.82 Å². The third kappa shape index (κ3) is 3.24. The molecule has 1 aromatic rings. The highest BCUT2D eigenvalue weighted by molar-refractivity contribution is 8.00. The minimum Gasteiger partial charge on any atom is -0.462 e. The molecule has 0 amide bonds. The van der Waals surface area contributed by atoms with Gasteiger partial charge in [0.2, 0.25) is 0 Å². The summed E-state index contributed by atoms with van der Waals surface area (Å²) in [6.07, 6.45) is 0.938. The van der Waals surface area contributed by atoms with Gasteiger partial charge in [0, 0.05) is 22.4 Å². The van der Waals surface area contributed by atoms with E-state index in [4.69, 9.17) is 15.2 Å². The maximum atomic E-state index is 14.0. The molecule has 2 atom stereocenters. The van der Waals surface area contributed by atoms with Gasteiger partial charge in [-0.25, -0.2) is 9.18 Å². The van der Waals surface area contributed by atoms with Gasteiger partial charge in [-0.15, -0.1) is 11.8 Å². The first kappa shape index (κ1) is 15.1. The van der Waals surface area contributed by atoms with E-state index in [-0.39, 0.29) is 29.2 Å². The fourth-order valence-corrected chi connectivity index (χ4v) is 3.24. The van der Waals surface area contributed by atoms with E-state index >= 15 is 0 Å². The molecule has 1 aromatic carbocycles. The van der Waals surface area contributed by atoms with Gasteiger partial charge >= 0.3 is 5.97 Å². The Morgan fingerprint density at radius 1 is 1.60 bits per heavy atom. The monoisotopic (exact) mass is 299 g/mol. The standard InChI is InChI=1S/C14H18FNO3S/c1-3-18-14(17)9-6-13(10(15)7-11(9)16)20-12-4-5-19-8(12)2/h6-8,12H,3-5,16H2,1-2H3. The SMILES string of the molecule is CCOC(=O)c1cc(SC2CCOC2C)c(F)cc1N. The van der Waals surface area contributed by atoms with E-state index in [1.165, 1.54) is 23.9 Å². The molecule has 20 heavy (non-hydrogen) atoms. The van der Waals surface area contributed by atoms with Crippen LogP contribution in [0.1, 0.15) is 30.6 Å². The highest BCUT2D eigenvalue weighted by Gasteiger charge is 2.27. The smallest absolute Gasteiger partial charge is 0.340 e. The maximum absolute atomic E-state index is 14.0. The number of thioether (sulfide) groups is 1. The zero-order chi connectivity index (χ0) is 14.7. The van der Waals surface area contributed by atoms with Crippen molar-refractivity contribution in [2.75, 3.05) is 18.9 Å². The average Bonchev–Trinajstić information content (AvgIpc) is 2.78. The molecule has 0 aliphatic carbocycles. The molecule has 1 fully saturated rings. The Morgan fingerprint density at radius 3 is 2.95 bits per heavy atom. The van der Waals surface area contributed by atoms with Gasteiger partial charge in [-0.3, -0.25) is 0 Å². The predicted octanol–water partition coefficient (Wildman–Crippen LogP) is 2.85. The maximum Gasteiger partial charge on any atom is 0.340 e. The molecule has 1 saturated heterocycles. The molecule has 2 rings (SSSR count). The molecule has 0 bridgehead atoms. The number of carbonyl (C=O) groups is 1. The van der Waals surface area contributed by atoms with E-state index in [0.29, 0.717) is 11.5 Å². The van der Waals surface area contributed by atoms with Gasteiger partial charge in [0.1, 0.15) is 5.82 Å². The van der Waals surface area contributed by atoms with Crippen molar-refractivity contribution >= 4 is 23.4 Å². The summed E-state index contributed by atoms with van der Waals surface area (Å²) in [4.78, 5) is 12.2. The summed E-state index contributed by atoms with van der Waals surface area (Å²) in [7, 11) is 0. The van der Waals surface area contributed by atoms with Crippen LogP contribution < -0.4 is 5.73 Å². The van der Waals surface area contributed by atoms with Gasteiger partial charge in [-0.2, -0.15) is 0 Å². The number of esters is 1. The summed E-state index contributed by atoms with van der Waals surface area (Å²) in [6, 6.07) is 2.65. The minimum absolute atomic E-state index is 0.0722. The zero-order valence-corrected chi connectivity index (χ0v) is 12.3. The van der Waals surface area contributed by atoms with Crippen molar-refractivity contribution in [3.05, 3.63) is 23.5 Å². The number of carbonyl (C=O) groups excluding carboxylic acids is 1. The predicted molar refractivity (Wildman–Crippen MR) is 76.4 cm³/mol. The summed E-state index contributed by atoms with van der Waals surface area (Å²) in [6.45, 7) is 4.61. The van der Waals surface area contributed by atoms with Crippen LogP contribution in [0.15, 0.2) is 17.0 Å². The van der Waals surface area contributed by atoms with Crippen LogP contribution in [0.25, 0.3) is 0 Å². The minimum atomic E-state index is -0.525. The normalized spacial score (nSPS) is 21.9. The van der Waals surface area contributed by atoms with Crippen LogP contribution in [0.2, 0.25) is 0 Å². The second-order valence-corrected chi connectivity index (χ2v) is 5.89. The van der Waals surface area contributed by atoms with Crippen LogP contribution in [-0.4, -0.2) is 30.5 Å². The molecule has 6 heteroatoms. The van der Waals surface area contributed by atoms with E-state index in [9.17, 15) is 9.18 Å². The third-order valence-electron chi connectivity index (χ3n) is 3.18. The Morgan fingerprint density at radius 2 is 2.35 bits per heavy atom. The van der Waals surface area contributed by atoms with Crippen molar-refractivity contribution in [2.24, 2.45) is 0 Å². The van der Waals surface area contributed by atoms with Crippen LogP contribution >= 0.6 is 11.8 Å². The molecule has 110 valence electrons. The van der Waals surface area contributed by atoms with Crippen molar-refractivity contribution in [3.63, 3.8) is 0 Å². The number of benzene rings is 1. The molecule has 0 spiro atoms. The van der Waals surface area contributed by atoms with Gasteiger partial charge in [0.15, 0.2) is 0 Å². The summed E-state index contributed by atoms with van der Waals surface area (Å²) >= 11 is 1.38. The molecule has 2 N–H and O–H groups in total. The summed E-state index contributed by atoms with van der Waals surface area (Å²) in [5, 5.41) is 0.183. The number of nitrogens with two attached hydrogens (primary N) is 1. The first-order valence-electron chi connectivity index (χ1n) is 6.57. The summed E-state index contributed by atoms with van der Waals surface area (Å²) < 4.78 is 24.3. The van der Waals surface area contributed by atoms with Gasteiger partial charge in [-0.1, -0.05) is 0 Å². The molecule has 1 heterocycles. The highest BCUT2D eigenvalue weighted by atomic mass is 32.2. The Bertz CT molecular complexity index is 509. The first-order chi connectivity index (χ1) is 9.52. The molecule has 2 unspecified atom stereocenters. The molecule has 0 radical (unpaired) electrons. The summed E-state index contributed by atoms with van der Waals surface area (Å²) in [5.41, 5.74) is 5.99. The van der Waals surface area contributed by atoms with E-state index < -0.39 is 11.8 Å². The fraction of sp³-hybridized carbons (Fsp3) is 0.500. The first-order valence-corrected chi connectivity index (χ1v) is 7.45. The molecule has 4 nitrogen and oxygen atoms in total. The summed E-state index contributed by atoms with van der Waals surface area (Å²) in [5.74, 6) is -0.942. The number of nitrogen functional groups attached to an aromatic ring is 1. The molecule has 0 aromatic heterocycles. The zero-order valence-electron chi connectivity index (χ0n) is 11.5. The number of hydrogen-bond donors (Lipinski definition) is 1. The lowest BCUT2D eigenvalue weighted by Crippen LogP contribution is -2.14. The topological polar surface area (TPSA) is 61.5 Å². The average molecular weight is 299 g/mol. The van der Waals surface area contributed by atoms with E-state index in [2.05, 4.69) is 0 Å². The number of anilines is 1. The van der Waals surface area contributed by atoms with Crippen molar-refractivity contribution in [2.45, 2.75) is 36.5 Å². The third-order valence-corrected chi connectivity index (χ3v) is 4.67. The Hall–Kier alpha value is -1.27. The largest absolute Gasteiger partial charge is 0.462 e. The van der Waals surface area contributed by atoms with E-state index in [0.717, 1.165) is 6.42 Å². The van der Waals surface area contributed by atoms with Gasteiger partial charge in [-0.05, 0) is 32.4 Å². The van der Waals surface area contributed by atoms with Gasteiger partial charge in [0.05, 0.1) is 18.3 Å². The van der Waals surface area contributed by atoms with Gasteiger partial charge in [0.25, 0.3) is 0 Å². The Labute approximate surface area is 121 Å². The molecule has 1 aliphatic rings. The van der Waals surface area contributed by atoms with E-state index in [1.54, 1.807) is 6.92 Å². The van der Waals surface area contributed by atoms with Crippen molar-refractivity contribution < 1.29 is 18.7 Å². The Balaban J connectivity index is 2.24. The van der Waals surface area contributed by atoms with Crippen LogP contribution in [-0.2, 0) is 9.47 Å². The van der Waals surface area contributed by atoms with Gasteiger partial charge < -0.3 is 15.2 Å². The van der Waals surface area contributed by atoms with Crippen molar-refractivity contribution in [1.29, 1.82) is 0 Å². The lowest BCUT2D eigenvalue weighted by molar-refractivity contribution is 0.0527. The van der Waals surface area contributed by atoms with Crippen LogP contribution in [0.3, 0.4) is 0 Å². The van der Waals surface area contributed by atoms with Crippen molar-refractivity contribution in [3.8, 4) is 0 Å². The second kappa shape index (κ2) is 6.45. The molecule has 0 saturated carbocycles. The van der Waals surface area contributed by atoms with Crippen molar-refractivity contribution in [1.82, 2.24) is 0 Å². The van der Waals surface area contributed by atoms with Crippen LogP contribution in [0.5, 0.6) is 0 Å². The Kier molecular flexibility index (Phi) is 4.88. The highest BCUT2D eigenvalue weighted by Crippen LogP contribution is 2.35. The molecule has 1 aliphatic heterocycles. The number of hydrogen-bond acceptors (Lipinski definition) is 5. The molecular formula is C14H18FNO3S. The molecular weight excluding hydrogens is 281 g/mol. The lowest BCUT2D eigenvalue weighted by atomic mass is 10.2. The number of halogens is 1. The lowest BCUT2D eigenvalue weighted by Gasteiger charge is -2.15. The fourth-order valence-electron chi connectivity index (χ4n) is 2.07. The number of ether oxygens (including phenoxy) is 2. The van der Waals surface area contributed by atoms with E-state index in [1.807, 2.05) is 6.92 Å². The van der Waals surface area contributed by atoms with Crippen LogP contribution in [0.4, 0.5) is 10.1 Å².